The molecule has 4 nitrogen and oxygen atoms in total. The van der Waals surface area contributed by atoms with Crippen molar-refractivity contribution in [1.29, 1.82) is 5.26 Å². The maximum absolute atomic E-state index is 12.3. The van der Waals surface area contributed by atoms with Crippen molar-refractivity contribution in [2.45, 2.75) is 13.3 Å². The van der Waals surface area contributed by atoms with E-state index in [1.807, 2.05) is 61.7 Å². The van der Waals surface area contributed by atoms with Gasteiger partial charge >= 0.3 is 0 Å². The smallest absolute Gasteiger partial charge is 0.261 e. The van der Waals surface area contributed by atoms with E-state index in [9.17, 15) is 10.1 Å². The Kier molecular flexibility index (Phi) is 4.96. The maximum atomic E-state index is 12.3. The molecule has 0 atom stereocenters. The van der Waals surface area contributed by atoms with E-state index in [2.05, 4.69) is 16.4 Å². The fourth-order valence-corrected chi connectivity index (χ4v) is 2.80. The molecular weight excluding hydrogens is 310 g/mol. The number of carbonyl (C=O) groups excluding carboxylic acids is 1. The zero-order chi connectivity index (χ0) is 17.6. The Morgan fingerprint density at radius 2 is 1.96 bits per heavy atom. The van der Waals surface area contributed by atoms with E-state index in [1.54, 1.807) is 6.08 Å². The van der Waals surface area contributed by atoms with Gasteiger partial charge in [-0.05, 0) is 42.2 Å². The second-order valence-corrected chi connectivity index (χ2v) is 5.89. The molecule has 0 aliphatic heterocycles. The minimum Gasteiger partial charge on any atom is -0.361 e. The average molecular weight is 329 g/mol. The van der Waals surface area contributed by atoms with E-state index in [4.69, 9.17) is 0 Å². The second kappa shape index (κ2) is 7.50. The fraction of sp³-hybridized carbons (Fsp3) is 0.143. The normalized spacial score (nSPS) is 11.3. The molecule has 0 saturated carbocycles. The minimum atomic E-state index is -0.342. The molecule has 2 N–H and O–H groups in total. The number of nitriles is 1. The Labute approximate surface area is 146 Å². The molecule has 0 saturated heterocycles. The van der Waals surface area contributed by atoms with Crippen molar-refractivity contribution in [3.8, 4) is 6.07 Å². The van der Waals surface area contributed by atoms with Gasteiger partial charge in [0.25, 0.3) is 5.91 Å². The predicted octanol–water partition coefficient (Wildman–Crippen LogP) is 3.74. The van der Waals surface area contributed by atoms with Gasteiger partial charge in [-0.3, -0.25) is 4.79 Å². The molecule has 0 bridgehead atoms. The summed E-state index contributed by atoms with van der Waals surface area (Å²) < 4.78 is 0. The average Bonchev–Trinajstić information content (AvgIpc) is 3.04. The molecule has 1 amide bonds. The third kappa shape index (κ3) is 3.78. The largest absolute Gasteiger partial charge is 0.361 e. The van der Waals surface area contributed by atoms with Gasteiger partial charge < -0.3 is 10.3 Å². The van der Waals surface area contributed by atoms with Crippen LogP contribution in [0, 0.1) is 18.3 Å². The monoisotopic (exact) mass is 329 g/mol. The van der Waals surface area contributed by atoms with E-state index in [1.165, 1.54) is 0 Å². The van der Waals surface area contributed by atoms with Crippen LogP contribution in [0.1, 0.15) is 16.7 Å². The number of H-pyrrole nitrogens is 1. The van der Waals surface area contributed by atoms with Gasteiger partial charge in [-0.1, -0.05) is 42.5 Å². The highest BCUT2D eigenvalue weighted by molar-refractivity contribution is 6.01. The number of amides is 1. The van der Waals surface area contributed by atoms with Gasteiger partial charge in [0.2, 0.25) is 0 Å². The zero-order valence-corrected chi connectivity index (χ0v) is 14.0. The van der Waals surface area contributed by atoms with Gasteiger partial charge in [-0.15, -0.1) is 0 Å². The van der Waals surface area contributed by atoms with Gasteiger partial charge in [0.05, 0.1) is 0 Å². The van der Waals surface area contributed by atoms with Crippen LogP contribution in [0.4, 0.5) is 0 Å². The second-order valence-electron chi connectivity index (χ2n) is 5.89. The van der Waals surface area contributed by atoms with Gasteiger partial charge in [0, 0.05) is 23.6 Å². The van der Waals surface area contributed by atoms with E-state index >= 15 is 0 Å². The van der Waals surface area contributed by atoms with Crippen molar-refractivity contribution in [2.24, 2.45) is 0 Å². The molecule has 0 aliphatic carbocycles. The topological polar surface area (TPSA) is 68.7 Å². The molecule has 0 unspecified atom stereocenters. The van der Waals surface area contributed by atoms with Crippen molar-refractivity contribution in [3.63, 3.8) is 0 Å². The molecular formula is C21H19N3O. The lowest BCUT2D eigenvalue weighted by atomic mass is 10.1. The minimum absolute atomic E-state index is 0.119. The van der Waals surface area contributed by atoms with Crippen LogP contribution in [0.3, 0.4) is 0 Å². The molecule has 124 valence electrons. The van der Waals surface area contributed by atoms with Crippen LogP contribution in [0.25, 0.3) is 17.0 Å². The summed E-state index contributed by atoms with van der Waals surface area (Å²) >= 11 is 0. The molecule has 4 heteroatoms. The number of para-hydroxylation sites is 1. The molecule has 1 heterocycles. The lowest BCUT2D eigenvalue weighted by Gasteiger charge is -2.05. The first-order valence-corrected chi connectivity index (χ1v) is 8.19. The Morgan fingerprint density at radius 3 is 2.76 bits per heavy atom. The zero-order valence-electron chi connectivity index (χ0n) is 14.0. The van der Waals surface area contributed by atoms with Crippen molar-refractivity contribution in [2.75, 3.05) is 6.54 Å². The van der Waals surface area contributed by atoms with Crippen LogP contribution in [0.15, 0.2) is 60.3 Å². The number of benzene rings is 2. The van der Waals surface area contributed by atoms with Crippen LogP contribution in [0.2, 0.25) is 0 Å². The third-order valence-corrected chi connectivity index (χ3v) is 4.21. The summed E-state index contributed by atoms with van der Waals surface area (Å²) in [5, 5.41) is 13.3. The number of nitrogens with zero attached hydrogens (tertiary/aromatic N) is 1. The van der Waals surface area contributed by atoms with Gasteiger partial charge in [-0.2, -0.15) is 5.26 Å². The van der Waals surface area contributed by atoms with Crippen molar-refractivity contribution in [3.05, 3.63) is 77.0 Å². The highest BCUT2D eigenvalue weighted by Crippen LogP contribution is 2.17. The number of hydrogen-bond donors (Lipinski definition) is 2. The number of nitrogens with one attached hydrogen (secondary N) is 2. The molecule has 25 heavy (non-hydrogen) atoms. The molecule has 3 rings (SSSR count). The summed E-state index contributed by atoms with van der Waals surface area (Å²) in [7, 11) is 0. The predicted molar refractivity (Wildman–Crippen MR) is 99.8 cm³/mol. The molecule has 0 fully saturated rings. The molecule has 0 radical (unpaired) electrons. The summed E-state index contributed by atoms with van der Waals surface area (Å²) in [6.45, 7) is 2.43. The number of fused-ring (bicyclic) bond motifs is 1. The molecule has 2 aromatic carbocycles. The van der Waals surface area contributed by atoms with Crippen molar-refractivity contribution >= 4 is 22.9 Å². The highest BCUT2D eigenvalue weighted by Gasteiger charge is 2.10. The number of rotatable bonds is 5. The fourth-order valence-electron chi connectivity index (χ4n) is 2.80. The number of aromatic nitrogens is 1. The van der Waals surface area contributed by atoms with E-state index in [0.29, 0.717) is 13.0 Å². The standard InChI is InChI=1S/C21H19N3O/c1-15-6-2-3-7-16(15)12-18(13-22)21(25)23-11-10-17-14-24-20-9-5-4-8-19(17)20/h2-9,12,14,24H,10-11H2,1H3,(H,23,25). The quantitative estimate of drug-likeness (QED) is 0.553. The van der Waals surface area contributed by atoms with Gasteiger partial charge in [-0.25, -0.2) is 0 Å². The number of aromatic amines is 1. The first kappa shape index (κ1) is 16.5. The Balaban J connectivity index is 1.65. The first-order valence-electron chi connectivity index (χ1n) is 8.19. The molecule has 1 aromatic heterocycles. The molecule has 0 aliphatic rings. The number of aryl methyl sites for hydroxylation is 1. The lowest BCUT2D eigenvalue weighted by molar-refractivity contribution is -0.117. The Morgan fingerprint density at radius 1 is 1.20 bits per heavy atom. The van der Waals surface area contributed by atoms with Crippen molar-refractivity contribution in [1.82, 2.24) is 10.3 Å². The summed E-state index contributed by atoms with van der Waals surface area (Å²) in [5.74, 6) is -0.342. The molecule has 0 spiro atoms. The van der Waals surface area contributed by atoms with E-state index in [-0.39, 0.29) is 11.5 Å². The first-order chi connectivity index (χ1) is 12.2. The summed E-state index contributed by atoms with van der Waals surface area (Å²) in [4.78, 5) is 15.5. The van der Waals surface area contributed by atoms with Crippen molar-refractivity contribution < 1.29 is 4.79 Å². The van der Waals surface area contributed by atoms with Crippen LogP contribution in [-0.4, -0.2) is 17.4 Å². The summed E-state index contributed by atoms with van der Waals surface area (Å²) in [5.41, 5.74) is 4.26. The maximum Gasteiger partial charge on any atom is 0.261 e. The SMILES string of the molecule is Cc1ccccc1C=C(C#N)C(=O)NCCc1c[nH]c2ccccc12. The summed E-state index contributed by atoms with van der Waals surface area (Å²) in [6, 6.07) is 17.7. The van der Waals surface area contributed by atoms with Gasteiger partial charge in [0.15, 0.2) is 0 Å². The van der Waals surface area contributed by atoms with Crippen LogP contribution < -0.4 is 5.32 Å². The summed E-state index contributed by atoms with van der Waals surface area (Å²) in [6.07, 6.45) is 4.31. The van der Waals surface area contributed by atoms with E-state index < -0.39 is 0 Å². The third-order valence-electron chi connectivity index (χ3n) is 4.21. The van der Waals surface area contributed by atoms with Crippen LogP contribution in [0.5, 0.6) is 0 Å². The Bertz CT molecular complexity index is 976. The van der Waals surface area contributed by atoms with E-state index in [0.717, 1.165) is 27.6 Å². The number of carbonyl (C=O) groups is 1. The highest BCUT2D eigenvalue weighted by atomic mass is 16.1. The Hall–Kier alpha value is -3.32. The van der Waals surface area contributed by atoms with Crippen LogP contribution >= 0.6 is 0 Å². The lowest BCUT2D eigenvalue weighted by Crippen LogP contribution is -2.26. The van der Waals surface area contributed by atoms with Crippen LogP contribution in [-0.2, 0) is 11.2 Å². The number of hydrogen-bond acceptors (Lipinski definition) is 2. The molecule has 3 aromatic rings. The van der Waals surface area contributed by atoms with Gasteiger partial charge in [0.1, 0.15) is 11.6 Å².